The van der Waals surface area contributed by atoms with Gasteiger partial charge in [-0.25, -0.2) is 4.39 Å². The van der Waals surface area contributed by atoms with Crippen molar-refractivity contribution in [2.45, 2.75) is 45.6 Å². The summed E-state index contributed by atoms with van der Waals surface area (Å²) in [5, 5.41) is 4.42. The number of piperidine rings is 1. The number of aryl methyl sites for hydroxylation is 2. The fraction of sp³-hybridized carbons (Fsp3) is 0.450. The summed E-state index contributed by atoms with van der Waals surface area (Å²) >= 11 is 1.35. The number of aromatic nitrogens is 2. The summed E-state index contributed by atoms with van der Waals surface area (Å²) in [5.41, 5.74) is 2.23. The number of ether oxygens (including phenoxy) is 1. The van der Waals surface area contributed by atoms with Crippen LogP contribution in [0.2, 0.25) is 0 Å². The molecule has 0 bridgehead atoms. The molecule has 148 valence electrons. The molecule has 4 rings (SSSR count). The van der Waals surface area contributed by atoms with E-state index >= 15 is 0 Å². The number of hydrogen-bond donors (Lipinski definition) is 0. The smallest absolute Gasteiger partial charge is 0.274 e. The van der Waals surface area contributed by atoms with Crippen molar-refractivity contribution >= 4 is 27.5 Å². The minimum absolute atomic E-state index is 0.00441. The molecule has 28 heavy (non-hydrogen) atoms. The Kier molecular flexibility index (Phi) is 5.30. The highest BCUT2D eigenvalue weighted by atomic mass is 32.1. The molecule has 0 spiro atoms. The zero-order valence-corrected chi connectivity index (χ0v) is 16.7. The predicted molar refractivity (Wildman–Crippen MR) is 104 cm³/mol. The molecule has 0 N–H and O–H groups in total. The van der Waals surface area contributed by atoms with E-state index in [0.717, 1.165) is 34.6 Å². The molecule has 6 nitrogen and oxygen atoms in total. The van der Waals surface area contributed by atoms with E-state index in [9.17, 15) is 9.18 Å². The molecule has 1 amide bonds. The molecule has 0 radical (unpaired) electrons. The lowest BCUT2D eigenvalue weighted by molar-refractivity contribution is -0.132. The van der Waals surface area contributed by atoms with Crippen LogP contribution in [0.4, 0.5) is 4.39 Å². The third-order valence-electron chi connectivity index (χ3n) is 5.18. The normalized spacial score (nSPS) is 15.3. The van der Waals surface area contributed by atoms with Crippen LogP contribution in [0.3, 0.4) is 0 Å². The number of nitrogens with zero attached hydrogens (tertiary/aromatic N) is 3. The van der Waals surface area contributed by atoms with Gasteiger partial charge < -0.3 is 14.2 Å². The third kappa shape index (κ3) is 3.87. The van der Waals surface area contributed by atoms with Gasteiger partial charge in [-0.1, -0.05) is 22.6 Å². The van der Waals surface area contributed by atoms with Crippen LogP contribution in [-0.4, -0.2) is 40.1 Å². The minimum Gasteiger partial charge on any atom is -0.467 e. The molecule has 0 saturated carbocycles. The van der Waals surface area contributed by atoms with E-state index in [4.69, 9.17) is 9.26 Å². The first-order valence-corrected chi connectivity index (χ1v) is 10.2. The number of carbonyl (C=O) groups is 1. The molecule has 1 saturated heterocycles. The van der Waals surface area contributed by atoms with E-state index in [-0.39, 0.29) is 17.8 Å². The molecule has 3 aromatic rings. The van der Waals surface area contributed by atoms with E-state index in [1.54, 1.807) is 6.07 Å². The van der Waals surface area contributed by atoms with Gasteiger partial charge in [-0.05, 0) is 32.4 Å². The topological polar surface area (TPSA) is 68.5 Å². The predicted octanol–water partition coefficient (Wildman–Crippen LogP) is 4.04. The number of halogens is 1. The van der Waals surface area contributed by atoms with Crippen molar-refractivity contribution in [3.63, 3.8) is 0 Å². The minimum atomic E-state index is -0.331. The van der Waals surface area contributed by atoms with Gasteiger partial charge in [0, 0.05) is 37.9 Å². The van der Waals surface area contributed by atoms with Crippen LogP contribution in [0, 0.1) is 19.7 Å². The number of amides is 1. The van der Waals surface area contributed by atoms with E-state index in [1.807, 2.05) is 24.8 Å². The molecule has 1 fully saturated rings. The Morgan fingerprint density at radius 3 is 2.82 bits per heavy atom. The summed E-state index contributed by atoms with van der Waals surface area (Å²) in [6.45, 7) is 5.08. The number of para-hydroxylation sites is 1. The quantitative estimate of drug-likeness (QED) is 0.643. The standard InChI is InChI=1S/C20H22FN3O3S/c1-12-15(13(2)27-23-12)6-7-18(25)24-10-8-14(9-11-24)26-20-22-19-16(21)4-3-5-17(19)28-20/h3-5,14H,6-11H2,1-2H3. The Bertz CT molecular complexity index is 972. The van der Waals surface area contributed by atoms with Crippen molar-refractivity contribution in [1.29, 1.82) is 0 Å². The molecule has 0 unspecified atom stereocenters. The lowest BCUT2D eigenvalue weighted by atomic mass is 10.0. The average molecular weight is 403 g/mol. The monoisotopic (exact) mass is 403 g/mol. The Balaban J connectivity index is 1.29. The lowest BCUT2D eigenvalue weighted by Gasteiger charge is -2.31. The molecular formula is C20H22FN3O3S. The molecule has 2 aromatic heterocycles. The number of carbonyl (C=O) groups excluding carboxylic acids is 1. The summed E-state index contributed by atoms with van der Waals surface area (Å²) in [5.74, 6) is 0.590. The number of benzene rings is 1. The fourth-order valence-corrected chi connectivity index (χ4v) is 4.46. The zero-order valence-electron chi connectivity index (χ0n) is 15.9. The highest BCUT2D eigenvalue weighted by Crippen LogP contribution is 2.31. The highest BCUT2D eigenvalue weighted by molar-refractivity contribution is 7.20. The van der Waals surface area contributed by atoms with Crippen molar-refractivity contribution in [3.8, 4) is 5.19 Å². The number of thiazole rings is 1. The van der Waals surface area contributed by atoms with Crippen molar-refractivity contribution < 1.29 is 18.4 Å². The second-order valence-electron chi connectivity index (χ2n) is 7.07. The first-order valence-electron chi connectivity index (χ1n) is 9.42. The molecule has 0 aliphatic carbocycles. The Morgan fingerprint density at radius 1 is 1.36 bits per heavy atom. The number of likely N-dealkylation sites (tertiary alicyclic amines) is 1. The maximum absolute atomic E-state index is 13.8. The van der Waals surface area contributed by atoms with Crippen molar-refractivity contribution in [3.05, 3.63) is 41.0 Å². The second kappa shape index (κ2) is 7.87. The van der Waals surface area contributed by atoms with Crippen molar-refractivity contribution in [2.24, 2.45) is 0 Å². The second-order valence-corrected chi connectivity index (χ2v) is 8.06. The average Bonchev–Trinajstić information content (AvgIpc) is 3.24. The first kappa shape index (κ1) is 18.9. The third-order valence-corrected chi connectivity index (χ3v) is 6.09. The van der Waals surface area contributed by atoms with E-state index < -0.39 is 0 Å². The fourth-order valence-electron chi connectivity index (χ4n) is 3.56. The maximum Gasteiger partial charge on any atom is 0.274 e. The summed E-state index contributed by atoms with van der Waals surface area (Å²) in [6.07, 6.45) is 2.58. The SMILES string of the molecule is Cc1noc(C)c1CCC(=O)N1CCC(Oc2nc3c(F)cccc3s2)CC1. The van der Waals surface area contributed by atoms with Crippen LogP contribution in [0.15, 0.2) is 22.7 Å². The van der Waals surface area contributed by atoms with Gasteiger partial charge in [-0.3, -0.25) is 4.79 Å². The lowest BCUT2D eigenvalue weighted by Crippen LogP contribution is -2.41. The van der Waals surface area contributed by atoms with Gasteiger partial charge in [0.15, 0.2) is 0 Å². The maximum atomic E-state index is 13.8. The number of hydrogen-bond acceptors (Lipinski definition) is 6. The Labute approximate surface area is 166 Å². The van der Waals surface area contributed by atoms with Gasteiger partial charge >= 0.3 is 0 Å². The van der Waals surface area contributed by atoms with Crippen LogP contribution in [0.5, 0.6) is 5.19 Å². The highest BCUT2D eigenvalue weighted by Gasteiger charge is 2.25. The van der Waals surface area contributed by atoms with Crippen LogP contribution < -0.4 is 4.74 Å². The van der Waals surface area contributed by atoms with Crippen LogP contribution in [-0.2, 0) is 11.2 Å². The molecule has 1 aliphatic heterocycles. The van der Waals surface area contributed by atoms with Crippen LogP contribution in [0.1, 0.15) is 36.3 Å². The van der Waals surface area contributed by atoms with Crippen molar-refractivity contribution in [2.75, 3.05) is 13.1 Å². The molecule has 8 heteroatoms. The first-order chi connectivity index (χ1) is 13.5. The number of fused-ring (bicyclic) bond motifs is 1. The van der Waals surface area contributed by atoms with Gasteiger partial charge in [0.1, 0.15) is 23.2 Å². The summed E-state index contributed by atoms with van der Waals surface area (Å²) in [4.78, 5) is 18.7. The summed E-state index contributed by atoms with van der Waals surface area (Å²) in [6, 6.07) is 4.91. The van der Waals surface area contributed by atoms with Crippen molar-refractivity contribution in [1.82, 2.24) is 15.0 Å². The zero-order chi connectivity index (χ0) is 19.7. The molecule has 1 aromatic carbocycles. The Morgan fingerprint density at radius 2 is 2.14 bits per heavy atom. The van der Waals surface area contributed by atoms with Crippen LogP contribution >= 0.6 is 11.3 Å². The summed E-state index contributed by atoms with van der Waals surface area (Å²) in [7, 11) is 0. The molecular weight excluding hydrogens is 381 g/mol. The molecule has 3 heterocycles. The van der Waals surface area contributed by atoms with Gasteiger partial charge in [-0.2, -0.15) is 4.98 Å². The van der Waals surface area contributed by atoms with Gasteiger partial charge in [0.2, 0.25) is 5.91 Å². The largest absolute Gasteiger partial charge is 0.467 e. The Hall–Kier alpha value is -2.48. The molecule has 0 atom stereocenters. The van der Waals surface area contributed by atoms with E-state index in [1.165, 1.54) is 17.4 Å². The number of rotatable bonds is 5. The molecule has 1 aliphatic rings. The van der Waals surface area contributed by atoms with Gasteiger partial charge in [-0.15, -0.1) is 0 Å². The van der Waals surface area contributed by atoms with Gasteiger partial charge in [0.25, 0.3) is 5.19 Å². The van der Waals surface area contributed by atoms with E-state index in [2.05, 4.69) is 10.1 Å². The van der Waals surface area contributed by atoms with Crippen LogP contribution in [0.25, 0.3) is 10.2 Å². The van der Waals surface area contributed by atoms with E-state index in [0.29, 0.717) is 36.6 Å². The summed E-state index contributed by atoms with van der Waals surface area (Å²) < 4.78 is 25.7. The van der Waals surface area contributed by atoms with Gasteiger partial charge in [0.05, 0.1) is 10.4 Å².